The van der Waals surface area contributed by atoms with Crippen molar-refractivity contribution in [1.82, 2.24) is 15.1 Å². The van der Waals surface area contributed by atoms with Crippen LogP contribution in [0.2, 0.25) is 0 Å². The van der Waals surface area contributed by atoms with E-state index in [0.29, 0.717) is 13.1 Å². The maximum Gasteiger partial charge on any atom is 0.237 e. The lowest BCUT2D eigenvalue weighted by molar-refractivity contribution is -0.138. The van der Waals surface area contributed by atoms with Gasteiger partial charge >= 0.3 is 0 Å². The molecule has 1 aliphatic heterocycles. The topological polar surface area (TPSA) is 35.6 Å². The monoisotopic (exact) mass is 379 g/mol. The van der Waals surface area contributed by atoms with Crippen LogP contribution in [0.4, 0.5) is 4.39 Å². The Bertz CT molecular complexity index is 517. The first-order chi connectivity index (χ1) is 10.4. The van der Waals surface area contributed by atoms with Crippen LogP contribution in [-0.2, 0) is 11.3 Å². The quantitative estimate of drug-likeness (QED) is 0.873. The van der Waals surface area contributed by atoms with Gasteiger partial charge in [0.2, 0.25) is 5.91 Å². The lowest BCUT2D eigenvalue weighted by atomic mass is 10.0. The first-order valence-electron chi connectivity index (χ1n) is 7.84. The second-order valence-corrected chi connectivity index (χ2v) is 6.81. The summed E-state index contributed by atoms with van der Waals surface area (Å²) in [4.78, 5) is 16.7. The molecule has 1 aromatic rings. The van der Waals surface area contributed by atoms with Gasteiger partial charge in [-0.25, -0.2) is 4.39 Å². The summed E-state index contributed by atoms with van der Waals surface area (Å²) >= 11 is 0. The number of nitrogens with zero attached hydrogens (tertiary/aromatic N) is 2. The molecule has 24 heavy (non-hydrogen) atoms. The molecule has 0 aliphatic carbocycles. The SMILES string of the molecule is CC(C)(C)N(Cc1cccc(F)c1)C(=O)CN1CCNCC1.Cl.Cl. The van der Waals surface area contributed by atoms with E-state index in [0.717, 1.165) is 31.7 Å². The van der Waals surface area contributed by atoms with E-state index in [9.17, 15) is 9.18 Å². The minimum Gasteiger partial charge on any atom is -0.332 e. The molecule has 0 atom stereocenters. The minimum atomic E-state index is -0.294. The molecule has 1 N–H and O–H groups in total. The Kier molecular flexibility index (Phi) is 9.81. The molecule has 1 heterocycles. The molecule has 138 valence electrons. The number of amides is 1. The molecule has 0 unspecified atom stereocenters. The Morgan fingerprint density at radius 1 is 1.25 bits per heavy atom. The lowest BCUT2D eigenvalue weighted by Crippen LogP contribution is -2.52. The Labute approximate surface area is 156 Å². The molecule has 0 bridgehead atoms. The fraction of sp³-hybridized carbons (Fsp3) is 0.588. The van der Waals surface area contributed by atoms with Crippen LogP contribution in [0.3, 0.4) is 0 Å². The molecule has 2 rings (SSSR count). The average Bonchev–Trinajstić information content (AvgIpc) is 2.44. The number of carbonyl (C=O) groups excluding carboxylic acids is 1. The van der Waals surface area contributed by atoms with Gasteiger partial charge in [-0.15, -0.1) is 24.8 Å². The molecule has 0 aromatic heterocycles. The smallest absolute Gasteiger partial charge is 0.237 e. The number of hydrogen-bond acceptors (Lipinski definition) is 3. The molecule has 4 nitrogen and oxygen atoms in total. The van der Waals surface area contributed by atoms with Gasteiger partial charge in [-0.2, -0.15) is 0 Å². The fourth-order valence-corrected chi connectivity index (χ4v) is 2.66. The second kappa shape index (κ2) is 10.2. The van der Waals surface area contributed by atoms with Gasteiger partial charge in [0.05, 0.1) is 6.54 Å². The van der Waals surface area contributed by atoms with E-state index in [-0.39, 0.29) is 42.1 Å². The van der Waals surface area contributed by atoms with Gasteiger partial charge in [0, 0.05) is 38.3 Å². The molecular formula is C17H28Cl2FN3O. The van der Waals surface area contributed by atoms with E-state index in [1.165, 1.54) is 12.1 Å². The number of benzene rings is 1. The molecule has 1 amide bonds. The zero-order chi connectivity index (χ0) is 16.2. The lowest BCUT2D eigenvalue weighted by Gasteiger charge is -2.38. The van der Waals surface area contributed by atoms with E-state index in [4.69, 9.17) is 0 Å². The normalized spacial score (nSPS) is 15.2. The summed E-state index contributed by atoms with van der Waals surface area (Å²) < 4.78 is 13.4. The van der Waals surface area contributed by atoms with Gasteiger partial charge < -0.3 is 10.2 Å². The van der Waals surface area contributed by atoms with Gasteiger partial charge in [0.15, 0.2) is 0 Å². The van der Waals surface area contributed by atoms with Crippen molar-refractivity contribution in [2.24, 2.45) is 0 Å². The number of halogens is 3. The summed E-state index contributed by atoms with van der Waals surface area (Å²) in [6, 6.07) is 6.47. The summed E-state index contributed by atoms with van der Waals surface area (Å²) in [5, 5.41) is 3.29. The van der Waals surface area contributed by atoms with Crippen molar-refractivity contribution in [3.05, 3.63) is 35.6 Å². The molecule has 1 saturated heterocycles. The largest absolute Gasteiger partial charge is 0.332 e. The Hall–Kier alpha value is -0.880. The van der Waals surface area contributed by atoms with Gasteiger partial charge in [0.1, 0.15) is 5.82 Å². The molecule has 0 saturated carbocycles. The van der Waals surface area contributed by atoms with Crippen LogP contribution in [0.15, 0.2) is 24.3 Å². The second-order valence-electron chi connectivity index (χ2n) is 6.81. The maximum absolute atomic E-state index is 13.4. The molecule has 1 aliphatic rings. The summed E-state index contributed by atoms with van der Waals surface area (Å²) in [5.41, 5.74) is 0.529. The van der Waals surface area contributed by atoms with Crippen LogP contribution in [-0.4, -0.2) is 54.0 Å². The van der Waals surface area contributed by atoms with E-state index in [2.05, 4.69) is 10.2 Å². The van der Waals surface area contributed by atoms with Crippen LogP contribution in [0.25, 0.3) is 0 Å². The molecule has 1 fully saturated rings. The number of hydrogen-bond donors (Lipinski definition) is 1. The molecule has 0 radical (unpaired) electrons. The minimum absolute atomic E-state index is 0. The van der Waals surface area contributed by atoms with E-state index >= 15 is 0 Å². The van der Waals surface area contributed by atoms with Crippen molar-refractivity contribution in [3.63, 3.8) is 0 Å². The first kappa shape index (κ1) is 23.1. The maximum atomic E-state index is 13.4. The van der Waals surface area contributed by atoms with Gasteiger partial charge in [-0.05, 0) is 38.5 Å². The average molecular weight is 380 g/mol. The van der Waals surface area contributed by atoms with E-state index < -0.39 is 0 Å². The van der Waals surface area contributed by atoms with Crippen LogP contribution in [0, 0.1) is 5.82 Å². The third-order valence-corrected chi connectivity index (χ3v) is 3.91. The third kappa shape index (κ3) is 6.93. The Balaban J connectivity index is 0.00000264. The molecule has 0 spiro atoms. The van der Waals surface area contributed by atoms with Gasteiger partial charge in [0.25, 0.3) is 0 Å². The summed E-state index contributed by atoms with van der Waals surface area (Å²) in [6.45, 7) is 10.5. The van der Waals surface area contributed by atoms with E-state index in [1.54, 1.807) is 6.07 Å². The van der Waals surface area contributed by atoms with Crippen LogP contribution < -0.4 is 5.32 Å². The van der Waals surface area contributed by atoms with Crippen molar-refractivity contribution in [2.45, 2.75) is 32.9 Å². The first-order valence-corrected chi connectivity index (χ1v) is 7.84. The number of rotatable bonds is 4. The Morgan fingerprint density at radius 2 is 1.88 bits per heavy atom. The zero-order valence-corrected chi connectivity index (χ0v) is 16.2. The number of nitrogens with one attached hydrogen (secondary N) is 1. The Morgan fingerprint density at radius 3 is 2.42 bits per heavy atom. The van der Waals surface area contributed by atoms with Crippen molar-refractivity contribution in [1.29, 1.82) is 0 Å². The highest BCUT2D eigenvalue weighted by Gasteiger charge is 2.28. The summed E-state index contributed by atoms with van der Waals surface area (Å²) in [6.07, 6.45) is 0. The van der Waals surface area contributed by atoms with Crippen molar-refractivity contribution < 1.29 is 9.18 Å². The van der Waals surface area contributed by atoms with Crippen LogP contribution in [0.1, 0.15) is 26.3 Å². The van der Waals surface area contributed by atoms with Crippen LogP contribution in [0.5, 0.6) is 0 Å². The zero-order valence-electron chi connectivity index (χ0n) is 14.5. The van der Waals surface area contributed by atoms with Crippen molar-refractivity contribution in [2.75, 3.05) is 32.7 Å². The van der Waals surface area contributed by atoms with Gasteiger partial charge in [-0.1, -0.05) is 12.1 Å². The van der Waals surface area contributed by atoms with Crippen molar-refractivity contribution in [3.8, 4) is 0 Å². The molecule has 1 aromatic carbocycles. The third-order valence-electron chi connectivity index (χ3n) is 3.91. The standard InChI is InChI=1S/C17H26FN3O.2ClH/c1-17(2,3)21(12-14-5-4-6-15(18)11-14)16(22)13-20-9-7-19-8-10-20;;/h4-6,11,19H,7-10,12-13H2,1-3H3;2*1H. The number of piperazine rings is 1. The predicted octanol–water partition coefficient (Wildman–Crippen LogP) is 2.70. The van der Waals surface area contributed by atoms with Crippen LogP contribution >= 0.6 is 24.8 Å². The van der Waals surface area contributed by atoms with E-state index in [1.807, 2.05) is 31.7 Å². The van der Waals surface area contributed by atoms with Gasteiger partial charge in [-0.3, -0.25) is 9.69 Å². The molecule has 7 heteroatoms. The fourth-order valence-electron chi connectivity index (χ4n) is 2.66. The predicted molar refractivity (Wildman–Crippen MR) is 101 cm³/mol. The molecular weight excluding hydrogens is 352 g/mol. The number of carbonyl (C=O) groups is 1. The summed E-state index contributed by atoms with van der Waals surface area (Å²) in [7, 11) is 0. The summed E-state index contributed by atoms with van der Waals surface area (Å²) in [5.74, 6) is -0.167. The highest BCUT2D eigenvalue weighted by Crippen LogP contribution is 2.18. The highest BCUT2D eigenvalue weighted by molar-refractivity contribution is 5.85. The highest BCUT2D eigenvalue weighted by atomic mass is 35.5. The van der Waals surface area contributed by atoms with Crippen molar-refractivity contribution >= 4 is 30.7 Å².